The van der Waals surface area contributed by atoms with Crippen LogP contribution in [0.1, 0.15) is 15.9 Å². The van der Waals surface area contributed by atoms with Crippen LogP contribution in [0.5, 0.6) is 11.5 Å². The largest absolute Gasteiger partial charge is 0.454 e. The van der Waals surface area contributed by atoms with Gasteiger partial charge in [-0.15, -0.1) is 0 Å². The van der Waals surface area contributed by atoms with E-state index in [1.54, 1.807) is 18.3 Å². The number of nitrogens with two attached hydrogens (primary N) is 1. The number of rotatable bonds is 2. The standard InChI is InChI=1S/C12H12N4O3/c1-6-4-14-16-11(6)15-12(17)7-2-9-10(3-8(7)13)19-5-18-9/h2-4H,5,13H2,1H3,(H2,14,15,16,17). The van der Waals surface area contributed by atoms with Gasteiger partial charge >= 0.3 is 0 Å². The van der Waals surface area contributed by atoms with Crippen LogP contribution in [-0.4, -0.2) is 22.9 Å². The number of aromatic amines is 1. The van der Waals surface area contributed by atoms with Crippen LogP contribution < -0.4 is 20.5 Å². The number of ether oxygens (including phenoxy) is 2. The number of nitrogens with zero attached hydrogens (tertiary/aromatic N) is 1. The molecule has 0 fully saturated rings. The number of carbonyl (C=O) groups is 1. The Morgan fingerprint density at radius 2 is 2.16 bits per heavy atom. The van der Waals surface area contributed by atoms with E-state index in [2.05, 4.69) is 15.5 Å². The summed E-state index contributed by atoms with van der Waals surface area (Å²) < 4.78 is 10.4. The number of benzene rings is 1. The smallest absolute Gasteiger partial charge is 0.259 e. The number of anilines is 2. The van der Waals surface area contributed by atoms with E-state index in [-0.39, 0.29) is 12.7 Å². The van der Waals surface area contributed by atoms with Gasteiger partial charge in [0.25, 0.3) is 5.91 Å². The van der Waals surface area contributed by atoms with Gasteiger partial charge in [-0.05, 0) is 13.0 Å². The van der Waals surface area contributed by atoms with Crippen molar-refractivity contribution in [3.05, 3.63) is 29.5 Å². The average Bonchev–Trinajstić information content (AvgIpc) is 2.97. The van der Waals surface area contributed by atoms with Crippen molar-refractivity contribution in [1.29, 1.82) is 0 Å². The average molecular weight is 260 g/mol. The van der Waals surface area contributed by atoms with Gasteiger partial charge in [0, 0.05) is 17.3 Å². The molecule has 1 aromatic heterocycles. The molecule has 2 heterocycles. The molecular weight excluding hydrogens is 248 g/mol. The Morgan fingerprint density at radius 3 is 2.84 bits per heavy atom. The van der Waals surface area contributed by atoms with Crippen LogP contribution in [0, 0.1) is 6.92 Å². The molecule has 7 nitrogen and oxygen atoms in total. The highest BCUT2D eigenvalue weighted by molar-refractivity contribution is 6.08. The fourth-order valence-electron chi connectivity index (χ4n) is 1.81. The summed E-state index contributed by atoms with van der Waals surface area (Å²) in [6.45, 7) is 1.97. The molecular formula is C12H12N4O3. The predicted octanol–water partition coefficient (Wildman–Crippen LogP) is 1.28. The monoisotopic (exact) mass is 260 g/mol. The number of aryl methyl sites for hydroxylation is 1. The minimum Gasteiger partial charge on any atom is -0.454 e. The second kappa shape index (κ2) is 4.20. The Balaban J connectivity index is 1.90. The lowest BCUT2D eigenvalue weighted by atomic mass is 10.1. The highest BCUT2D eigenvalue weighted by atomic mass is 16.7. The van der Waals surface area contributed by atoms with E-state index in [0.717, 1.165) is 5.56 Å². The lowest BCUT2D eigenvalue weighted by Gasteiger charge is -2.07. The number of amides is 1. The Labute approximate surface area is 108 Å². The number of fused-ring (bicyclic) bond motifs is 1. The fourth-order valence-corrected chi connectivity index (χ4v) is 1.81. The molecule has 0 atom stereocenters. The maximum atomic E-state index is 12.1. The van der Waals surface area contributed by atoms with Gasteiger partial charge in [0.05, 0.1) is 11.8 Å². The third kappa shape index (κ3) is 1.95. The van der Waals surface area contributed by atoms with Gasteiger partial charge in [-0.25, -0.2) is 0 Å². The van der Waals surface area contributed by atoms with Crippen LogP contribution in [-0.2, 0) is 0 Å². The first-order valence-corrected chi connectivity index (χ1v) is 5.65. The summed E-state index contributed by atoms with van der Waals surface area (Å²) in [5, 5.41) is 9.24. The molecule has 19 heavy (non-hydrogen) atoms. The van der Waals surface area contributed by atoms with E-state index in [0.29, 0.717) is 28.6 Å². The third-order valence-electron chi connectivity index (χ3n) is 2.86. The number of H-pyrrole nitrogens is 1. The lowest BCUT2D eigenvalue weighted by molar-refractivity contribution is 0.102. The number of hydrogen-bond donors (Lipinski definition) is 3. The number of carbonyl (C=O) groups excluding carboxylic acids is 1. The quantitative estimate of drug-likeness (QED) is 0.706. The van der Waals surface area contributed by atoms with Gasteiger partial charge < -0.3 is 20.5 Å². The molecule has 1 aliphatic rings. The van der Waals surface area contributed by atoms with Crippen molar-refractivity contribution in [3.8, 4) is 11.5 Å². The van der Waals surface area contributed by atoms with Gasteiger partial charge in [0.15, 0.2) is 11.5 Å². The van der Waals surface area contributed by atoms with E-state index in [9.17, 15) is 4.79 Å². The van der Waals surface area contributed by atoms with Crippen molar-refractivity contribution in [2.75, 3.05) is 17.8 Å². The molecule has 0 aliphatic carbocycles. The molecule has 98 valence electrons. The molecule has 1 amide bonds. The summed E-state index contributed by atoms with van der Waals surface area (Å²) in [5.41, 5.74) is 7.34. The SMILES string of the molecule is Cc1cn[nH]c1NC(=O)c1cc2c(cc1N)OCO2. The minimum absolute atomic E-state index is 0.138. The summed E-state index contributed by atoms with van der Waals surface area (Å²) in [6, 6.07) is 3.15. The number of nitrogens with one attached hydrogen (secondary N) is 2. The molecule has 0 spiro atoms. The number of hydrogen-bond acceptors (Lipinski definition) is 5. The molecule has 7 heteroatoms. The lowest BCUT2D eigenvalue weighted by Crippen LogP contribution is -2.15. The molecule has 4 N–H and O–H groups in total. The van der Waals surface area contributed by atoms with Gasteiger partial charge in [-0.3, -0.25) is 9.89 Å². The summed E-state index contributed by atoms with van der Waals surface area (Å²) in [7, 11) is 0. The van der Waals surface area contributed by atoms with Crippen LogP contribution >= 0.6 is 0 Å². The zero-order valence-corrected chi connectivity index (χ0v) is 10.2. The van der Waals surface area contributed by atoms with Crippen molar-refractivity contribution in [2.45, 2.75) is 6.92 Å². The molecule has 0 unspecified atom stereocenters. The number of aromatic nitrogens is 2. The normalized spacial score (nSPS) is 12.5. The van der Waals surface area contributed by atoms with Gasteiger partial charge in [0.2, 0.25) is 6.79 Å². The van der Waals surface area contributed by atoms with Crippen LogP contribution in [0.2, 0.25) is 0 Å². The van der Waals surface area contributed by atoms with Crippen molar-refractivity contribution in [3.63, 3.8) is 0 Å². The fraction of sp³-hybridized carbons (Fsp3) is 0.167. The summed E-state index contributed by atoms with van der Waals surface area (Å²) >= 11 is 0. The summed E-state index contributed by atoms with van der Waals surface area (Å²) in [6.07, 6.45) is 1.62. The van der Waals surface area contributed by atoms with Gasteiger partial charge in [0.1, 0.15) is 5.82 Å². The zero-order chi connectivity index (χ0) is 13.4. The first-order valence-electron chi connectivity index (χ1n) is 5.65. The minimum atomic E-state index is -0.330. The van der Waals surface area contributed by atoms with Crippen LogP contribution in [0.15, 0.2) is 18.3 Å². The van der Waals surface area contributed by atoms with Gasteiger partial charge in [-0.2, -0.15) is 5.10 Å². The Bertz CT molecular complexity index is 650. The van der Waals surface area contributed by atoms with E-state index < -0.39 is 0 Å². The molecule has 1 aliphatic heterocycles. The first kappa shape index (κ1) is 11.4. The highest BCUT2D eigenvalue weighted by Gasteiger charge is 2.20. The third-order valence-corrected chi connectivity index (χ3v) is 2.86. The maximum absolute atomic E-state index is 12.1. The molecule has 2 aromatic rings. The van der Waals surface area contributed by atoms with E-state index in [1.807, 2.05) is 6.92 Å². The van der Waals surface area contributed by atoms with Crippen LogP contribution in [0.25, 0.3) is 0 Å². The van der Waals surface area contributed by atoms with Crippen LogP contribution in [0.3, 0.4) is 0 Å². The van der Waals surface area contributed by atoms with Gasteiger partial charge in [-0.1, -0.05) is 0 Å². The molecule has 0 saturated carbocycles. The Hall–Kier alpha value is -2.70. The second-order valence-corrected chi connectivity index (χ2v) is 4.17. The van der Waals surface area contributed by atoms with Crippen molar-refractivity contribution in [1.82, 2.24) is 10.2 Å². The van der Waals surface area contributed by atoms with Crippen molar-refractivity contribution in [2.24, 2.45) is 0 Å². The highest BCUT2D eigenvalue weighted by Crippen LogP contribution is 2.36. The molecule has 0 radical (unpaired) electrons. The topological polar surface area (TPSA) is 102 Å². The van der Waals surface area contributed by atoms with E-state index in [4.69, 9.17) is 15.2 Å². The van der Waals surface area contributed by atoms with Crippen molar-refractivity contribution < 1.29 is 14.3 Å². The molecule has 0 bridgehead atoms. The van der Waals surface area contributed by atoms with Crippen LogP contribution in [0.4, 0.5) is 11.5 Å². The maximum Gasteiger partial charge on any atom is 0.259 e. The zero-order valence-electron chi connectivity index (χ0n) is 10.2. The second-order valence-electron chi connectivity index (χ2n) is 4.17. The Kier molecular flexibility index (Phi) is 2.52. The van der Waals surface area contributed by atoms with E-state index in [1.165, 1.54) is 0 Å². The Morgan fingerprint density at radius 1 is 1.42 bits per heavy atom. The van der Waals surface area contributed by atoms with E-state index >= 15 is 0 Å². The van der Waals surface area contributed by atoms with Crippen molar-refractivity contribution >= 4 is 17.4 Å². The first-order chi connectivity index (χ1) is 9.15. The number of nitrogen functional groups attached to an aromatic ring is 1. The molecule has 3 rings (SSSR count). The summed E-state index contributed by atoms with van der Waals surface area (Å²) in [5.74, 6) is 1.28. The molecule has 1 aromatic carbocycles. The predicted molar refractivity (Wildman–Crippen MR) is 68.3 cm³/mol. The molecule has 0 saturated heterocycles. The summed E-state index contributed by atoms with van der Waals surface area (Å²) in [4.78, 5) is 12.1.